The number of hydrogen-bond donors (Lipinski definition) is 1. The van der Waals surface area contributed by atoms with Gasteiger partial charge in [0.1, 0.15) is 0 Å². The molecule has 0 aliphatic rings. The van der Waals surface area contributed by atoms with E-state index in [0.717, 1.165) is 6.42 Å². The zero-order valence-corrected chi connectivity index (χ0v) is 11.0. The van der Waals surface area contributed by atoms with Gasteiger partial charge in [-0.3, -0.25) is 4.98 Å². The molecule has 0 bridgehead atoms. The van der Waals surface area contributed by atoms with Gasteiger partial charge < -0.3 is 5.32 Å². The summed E-state index contributed by atoms with van der Waals surface area (Å²) in [5.74, 6) is 0. The lowest BCUT2D eigenvalue weighted by molar-refractivity contribution is 0.456. The summed E-state index contributed by atoms with van der Waals surface area (Å²) >= 11 is 0. The van der Waals surface area contributed by atoms with Crippen molar-refractivity contribution in [1.82, 2.24) is 10.3 Å². The van der Waals surface area contributed by atoms with Crippen molar-refractivity contribution >= 4 is 0 Å². The molecule has 1 heterocycles. The van der Waals surface area contributed by atoms with Crippen molar-refractivity contribution in [1.29, 1.82) is 0 Å². The van der Waals surface area contributed by atoms with Crippen LogP contribution in [0.4, 0.5) is 0 Å². The minimum absolute atomic E-state index is 0.332. The molecule has 0 amide bonds. The van der Waals surface area contributed by atoms with Gasteiger partial charge in [0.25, 0.3) is 0 Å². The fourth-order valence-electron chi connectivity index (χ4n) is 2.19. The smallest absolute Gasteiger partial charge is 0.0323 e. The first-order chi connectivity index (χ1) is 8.81. The Hall–Kier alpha value is -1.67. The molecular weight excluding hydrogens is 220 g/mol. The van der Waals surface area contributed by atoms with Gasteiger partial charge in [0.2, 0.25) is 0 Å². The third-order valence-corrected chi connectivity index (χ3v) is 3.27. The maximum atomic E-state index is 4.06. The number of aromatic nitrogens is 1. The molecule has 2 unspecified atom stereocenters. The third-order valence-electron chi connectivity index (χ3n) is 3.27. The van der Waals surface area contributed by atoms with E-state index < -0.39 is 0 Å². The zero-order chi connectivity index (χ0) is 12.8. The van der Waals surface area contributed by atoms with E-state index in [2.05, 4.69) is 66.6 Å². The second kappa shape index (κ2) is 6.31. The van der Waals surface area contributed by atoms with Crippen LogP contribution < -0.4 is 5.32 Å². The maximum absolute atomic E-state index is 4.06. The molecule has 0 aliphatic carbocycles. The Morgan fingerprint density at radius 2 is 1.67 bits per heavy atom. The predicted molar refractivity (Wildman–Crippen MR) is 75.3 cm³/mol. The molecule has 18 heavy (non-hydrogen) atoms. The Morgan fingerprint density at radius 3 is 2.28 bits per heavy atom. The molecule has 2 aromatic rings. The summed E-state index contributed by atoms with van der Waals surface area (Å²) in [6.07, 6.45) is 4.77. The molecule has 0 fully saturated rings. The van der Waals surface area contributed by atoms with E-state index in [0.29, 0.717) is 12.1 Å². The van der Waals surface area contributed by atoms with E-state index in [-0.39, 0.29) is 0 Å². The second-order valence-electron chi connectivity index (χ2n) is 4.54. The molecule has 0 aliphatic heterocycles. The van der Waals surface area contributed by atoms with E-state index in [1.807, 2.05) is 12.4 Å². The van der Waals surface area contributed by atoms with E-state index in [9.17, 15) is 0 Å². The Labute approximate surface area is 109 Å². The summed E-state index contributed by atoms with van der Waals surface area (Å²) in [6, 6.07) is 15.5. The van der Waals surface area contributed by atoms with Gasteiger partial charge in [0.15, 0.2) is 0 Å². The Morgan fingerprint density at radius 1 is 1.00 bits per heavy atom. The summed E-state index contributed by atoms with van der Waals surface area (Å²) in [4.78, 5) is 4.06. The van der Waals surface area contributed by atoms with Crippen molar-refractivity contribution in [2.24, 2.45) is 0 Å². The van der Waals surface area contributed by atoms with E-state index >= 15 is 0 Å². The molecular formula is C16H20N2. The van der Waals surface area contributed by atoms with E-state index in [4.69, 9.17) is 0 Å². The van der Waals surface area contributed by atoms with Gasteiger partial charge >= 0.3 is 0 Å². The van der Waals surface area contributed by atoms with E-state index in [1.54, 1.807) is 0 Å². The molecule has 0 spiro atoms. The summed E-state index contributed by atoms with van der Waals surface area (Å²) in [5.41, 5.74) is 2.63. The highest BCUT2D eigenvalue weighted by Crippen LogP contribution is 2.21. The van der Waals surface area contributed by atoms with Crippen molar-refractivity contribution in [3.63, 3.8) is 0 Å². The molecule has 1 aromatic carbocycles. The van der Waals surface area contributed by atoms with Crippen LogP contribution in [0, 0.1) is 0 Å². The average Bonchev–Trinajstić information content (AvgIpc) is 2.46. The molecule has 94 valence electrons. The number of hydrogen-bond acceptors (Lipinski definition) is 2. The monoisotopic (exact) mass is 240 g/mol. The number of benzene rings is 1. The number of pyridine rings is 1. The lowest BCUT2D eigenvalue weighted by atomic mass is 10.0. The lowest BCUT2D eigenvalue weighted by Gasteiger charge is -2.23. The maximum Gasteiger partial charge on any atom is 0.0323 e. The van der Waals surface area contributed by atoms with Gasteiger partial charge in [-0.15, -0.1) is 0 Å². The van der Waals surface area contributed by atoms with Gasteiger partial charge in [0.05, 0.1) is 0 Å². The fourth-order valence-corrected chi connectivity index (χ4v) is 2.19. The van der Waals surface area contributed by atoms with Gasteiger partial charge in [-0.2, -0.15) is 0 Å². The van der Waals surface area contributed by atoms with Crippen LogP contribution in [0.2, 0.25) is 0 Å². The molecule has 2 rings (SSSR count). The van der Waals surface area contributed by atoms with Gasteiger partial charge in [-0.1, -0.05) is 37.3 Å². The first-order valence-corrected chi connectivity index (χ1v) is 6.52. The average molecular weight is 240 g/mol. The second-order valence-corrected chi connectivity index (χ2v) is 4.54. The molecule has 2 atom stereocenters. The summed E-state index contributed by atoms with van der Waals surface area (Å²) in [7, 11) is 0. The topological polar surface area (TPSA) is 24.9 Å². The summed E-state index contributed by atoms with van der Waals surface area (Å²) in [6.45, 7) is 4.41. The largest absolute Gasteiger partial charge is 0.303 e. The van der Waals surface area contributed by atoms with Crippen molar-refractivity contribution in [2.45, 2.75) is 32.4 Å². The van der Waals surface area contributed by atoms with Crippen LogP contribution in [0.15, 0.2) is 54.9 Å². The lowest BCUT2D eigenvalue weighted by Crippen LogP contribution is -2.24. The molecule has 0 saturated heterocycles. The van der Waals surface area contributed by atoms with Gasteiger partial charge in [-0.25, -0.2) is 0 Å². The van der Waals surface area contributed by atoms with E-state index in [1.165, 1.54) is 11.1 Å². The number of nitrogens with one attached hydrogen (secondary N) is 1. The van der Waals surface area contributed by atoms with Crippen LogP contribution in [0.3, 0.4) is 0 Å². The van der Waals surface area contributed by atoms with Crippen LogP contribution in [-0.4, -0.2) is 4.98 Å². The first-order valence-electron chi connectivity index (χ1n) is 6.52. The van der Waals surface area contributed by atoms with Crippen molar-refractivity contribution in [3.8, 4) is 0 Å². The fraction of sp³-hybridized carbons (Fsp3) is 0.312. The minimum atomic E-state index is 0.332. The van der Waals surface area contributed by atoms with Crippen LogP contribution in [0.1, 0.15) is 43.5 Å². The van der Waals surface area contributed by atoms with Crippen LogP contribution in [-0.2, 0) is 0 Å². The molecule has 1 aromatic heterocycles. The van der Waals surface area contributed by atoms with Gasteiger partial charge in [-0.05, 0) is 36.6 Å². The first kappa shape index (κ1) is 12.8. The zero-order valence-electron chi connectivity index (χ0n) is 11.0. The highest BCUT2D eigenvalue weighted by atomic mass is 14.9. The highest BCUT2D eigenvalue weighted by molar-refractivity contribution is 5.20. The van der Waals surface area contributed by atoms with Crippen LogP contribution in [0.25, 0.3) is 0 Å². The van der Waals surface area contributed by atoms with Crippen LogP contribution in [0.5, 0.6) is 0 Å². The quantitative estimate of drug-likeness (QED) is 0.857. The van der Waals surface area contributed by atoms with Crippen LogP contribution >= 0.6 is 0 Å². The molecule has 2 heteroatoms. The Bertz CT molecular complexity index is 453. The van der Waals surface area contributed by atoms with Crippen molar-refractivity contribution < 1.29 is 0 Å². The third kappa shape index (κ3) is 3.17. The van der Waals surface area contributed by atoms with Crippen molar-refractivity contribution in [2.75, 3.05) is 0 Å². The number of nitrogens with zero attached hydrogens (tertiary/aromatic N) is 1. The predicted octanol–water partition coefficient (Wildman–Crippen LogP) is 3.88. The van der Waals surface area contributed by atoms with Gasteiger partial charge in [0, 0.05) is 24.5 Å². The Kier molecular flexibility index (Phi) is 4.48. The number of rotatable bonds is 5. The van der Waals surface area contributed by atoms with Crippen molar-refractivity contribution in [3.05, 3.63) is 66.0 Å². The summed E-state index contributed by atoms with van der Waals surface area (Å²) < 4.78 is 0. The SMILES string of the molecule is CCC(NC(C)c1ccncc1)c1ccccc1. The molecule has 0 radical (unpaired) electrons. The Balaban J connectivity index is 2.07. The standard InChI is InChI=1S/C16H20N2/c1-3-16(15-7-5-4-6-8-15)18-13(2)14-9-11-17-12-10-14/h4-13,16,18H,3H2,1-2H3. The molecule has 0 saturated carbocycles. The minimum Gasteiger partial charge on any atom is -0.303 e. The normalized spacial score (nSPS) is 14.1. The summed E-state index contributed by atoms with van der Waals surface area (Å²) in [5, 5.41) is 3.67. The molecule has 1 N–H and O–H groups in total. The highest BCUT2D eigenvalue weighted by Gasteiger charge is 2.13. The molecule has 2 nitrogen and oxygen atoms in total.